The summed E-state index contributed by atoms with van der Waals surface area (Å²) >= 11 is 0. The Labute approximate surface area is 102 Å². The topological polar surface area (TPSA) is 44.1 Å². The highest BCUT2D eigenvalue weighted by Gasteiger charge is 2.19. The average molecular weight is 236 g/mol. The summed E-state index contributed by atoms with van der Waals surface area (Å²) in [5, 5.41) is 0. The molecule has 0 N–H and O–H groups in total. The number of aromatic nitrogens is 2. The van der Waals surface area contributed by atoms with Crippen LogP contribution < -0.4 is 0 Å². The van der Waals surface area contributed by atoms with E-state index in [1.807, 2.05) is 20.2 Å². The highest BCUT2D eigenvalue weighted by molar-refractivity contribution is 5.69. The molecule has 1 aromatic heterocycles. The molecule has 1 aromatic rings. The number of imidazole rings is 1. The van der Waals surface area contributed by atoms with Gasteiger partial charge < -0.3 is 9.30 Å². The lowest BCUT2D eigenvalue weighted by Gasteiger charge is -2.18. The van der Waals surface area contributed by atoms with E-state index in [0.717, 1.165) is 12.8 Å². The molecule has 17 heavy (non-hydrogen) atoms. The maximum absolute atomic E-state index is 11.5. The molecular formula is C13H20N2O2. The van der Waals surface area contributed by atoms with Gasteiger partial charge in [0, 0.05) is 11.7 Å². The van der Waals surface area contributed by atoms with Gasteiger partial charge in [0.1, 0.15) is 0 Å². The summed E-state index contributed by atoms with van der Waals surface area (Å²) in [6.07, 6.45) is 6.93. The second-order valence-corrected chi connectivity index (χ2v) is 4.61. The number of hydrogen-bond acceptors (Lipinski definition) is 3. The Kier molecular flexibility index (Phi) is 3.82. The van der Waals surface area contributed by atoms with E-state index >= 15 is 0 Å². The second kappa shape index (κ2) is 5.34. The second-order valence-electron chi connectivity index (χ2n) is 4.61. The summed E-state index contributed by atoms with van der Waals surface area (Å²) < 4.78 is 7.13. The van der Waals surface area contributed by atoms with Gasteiger partial charge in [0.25, 0.3) is 0 Å². The molecule has 0 saturated carbocycles. The molecule has 4 nitrogen and oxygen atoms in total. The number of carbonyl (C=O) groups is 1. The first-order valence-electron chi connectivity index (χ1n) is 6.42. The van der Waals surface area contributed by atoms with Crippen LogP contribution in [0.4, 0.5) is 0 Å². The predicted molar refractivity (Wildman–Crippen MR) is 64.8 cm³/mol. The van der Waals surface area contributed by atoms with Crippen LogP contribution in [0, 0.1) is 0 Å². The molecule has 0 fully saturated rings. The quantitative estimate of drug-likeness (QED) is 0.753. The Hall–Kier alpha value is -1.32. The smallest absolute Gasteiger partial charge is 0.307 e. The third-order valence-electron chi connectivity index (χ3n) is 3.30. The van der Waals surface area contributed by atoms with Gasteiger partial charge in [-0.2, -0.15) is 0 Å². The van der Waals surface area contributed by atoms with E-state index in [-0.39, 0.29) is 12.0 Å². The van der Waals surface area contributed by atoms with Crippen molar-refractivity contribution in [2.24, 2.45) is 0 Å². The molecule has 0 saturated heterocycles. The zero-order valence-electron chi connectivity index (χ0n) is 10.6. The van der Waals surface area contributed by atoms with Crippen molar-refractivity contribution in [3.63, 3.8) is 0 Å². The fraction of sp³-hybridized carbons (Fsp3) is 0.692. The van der Waals surface area contributed by atoms with Crippen molar-refractivity contribution in [2.45, 2.75) is 52.0 Å². The molecule has 2 rings (SSSR count). The molecule has 4 heteroatoms. The van der Waals surface area contributed by atoms with E-state index in [2.05, 4.69) is 9.55 Å². The van der Waals surface area contributed by atoms with E-state index in [1.54, 1.807) is 0 Å². The average Bonchev–Trinajstić information content (AvgIpc) is 2.72. The van der Waals surface area contributed by atoms with Crippen molar-refractivity contribution in [1.29, 1.82) is 0 Å². The molecule has 0 aliphatic heterocycles. The van der Waals surface area contributed by atoms with Crippen LogP contribution in [-0.4, -0.2) is 22.1 Å². The number of nitrogens with zero attached hydrogens (tertiary/aromatic N) is 2. The Bertz CT molecular complexity index is 398. The number of rotatable bonds is 4. The minimum Gasteiger partial charge on any atom is -0.466 e. The van der Waals surface area contributed by atoms with Gasteiger partial charge in [0.15, 0.2) is 0 Å². The van der Waals surface area contributed by atoms with Crippen LogP contribution in [0.5, 0.6) is 0 Å². The van der Waals surface area contributed by atoms with Gasteiger partial charge in [-0.1, -0.05) is 0 Å². The van der Waals surface area contributed by atoms with Gasteiger partial charge in [-0.15, -0.1) is 0 Å². The van der Waals surface area contributed by atoms with Crippen molar-refractivity contribution in [1.82, 2.24) is 9.55 Å². The first kappa shape index (κ1) is 12.1. The first-order chi connectivity index (χ1) is 8.22. The SMILES string of the molecule is CCOC(=O)CC(C)n1cnc2c1CCCC2. The molecule has 1 atom stereocenters. The molecule has 0 spiro atoms. The highest BCUT2D eigenvalue weighted by atomic mass is 16.5. The number of aryl methyl sites for hydroxylation is 1. The Balaban J connectivity index is 2.06. The van der Waals surface area contributed by atoms with E-state index in [0.29, 0.717) is 13.0 Å². The highest BCUT2D eigenvalue weighted by Crippen LogP contribution is 2.24. The third kappa shape index (κ3) is 2.68. The molecule has 1 unspecified atom stereocenters. The summed E-state index contributed by atoms with van der Waals surface area (Å²) in [5.74, 6) is -0.127. The van der Waals surface area contributed by atoms with E-state index in [4.69, 9.17) is 4.74 Å². The Morgan fingerprint density at radius 3 is 3.06 bits per heavy atom. The van der Waals surface area contributed by atoms with Gasteiger partial charge in [0.2, 0.25) is 0 Å². The summed E-state index contributed by atoms with van der Waals surface area (Å²) in [6.45, 7) is 4.34. The third-order valence-corrected chi connectivity index (χ3v) is 3.30. The molecule has 1 aliphatic carbocycles. The molecule has 1 aliphatic rings. The summed E-state index contributed by atoms with van der Waals surface area (Å²) in [4.78, 5) is 15.9. The van der Waals surface area contributed by atoms with E-state index in [1.165, 1.54) is 24.2 Å². The fourth-order valence-electron chi connectivity index (χ4n) is 2.43. The summed E-state index contributed by atoms with van der Waals surface area (Å²) in [6, 6.07) is 0.142. The monoisotopic (exact) mass is 236 g/mol. The lowest BCUT2D eigenvalue weighted by molar-refractivity contribution is -0.143. The summed E-state index contributed by atoms with van der Waals surface area (Å²) in [7, 11) is 0. The number of hydrogen-bond donors (Lipinski definition) is 0. The van der Waals surface area contributed by atoms with Gasteiger partial charge in [-0.05, 0) is 39.5 Å². The minimum atomic E-state index is -0.127. The van der Waals surface area contributed by atoms with Crippen LogP contribution in [0.1, 0.15) is 50.5 Å². The minimum absolute atomic E-state index is 0.127. The van der Waals surface area contributed by atoms with Crippen molar-refractivity contribution >= 4 is 5.97 Å². The zero-order valence-corrected chi connectivity index (χ0v) is 10.6. The maximum Gasteiger partial charge on any atom is 0.307 e. The molecular weight excluding hydrogens is 216 g/mol. The lowest BCUT2D eigenvalue weighted by atomic mass is 10.0. The van der Waals surface area contributed by atoms with Gasteiger partial charge in [0.05, 0.1) is 25.0 Å². The standard InChI is InChI=1S/C13H20N2O2/c1-3-17-13(16)8-10(2)15-9-14-11-6-4-5-7-12(11)15/h9-10H,3-8H2,1-2H3. The number of carbonyl (C=O) groups excluding carboxylic acids is 1. The number of fused-ring (bicyclic) bond motifs is 1. The molecule has 94 valence electrons. The molecule has 1 heterocycles. The van der Waals surface area contributed by atoms with Crippen LogP contribution in [0.15, 0.2) is 6.33 Å². The number of esters is 1. The van der Waals surface area contributed by atoms with Gasteiger partial charge in [-0.25, -0.2) is 4.98 Å². The lowest BCUT2D eigenvalue weighted by Crippen LogP contribution is -2.16. The number of ether oxygens (including phenoxy) is 1. The summed E-state index contributed by atoms with van der Waals surface area (Å²) in [5.41, 5.74) is 2.53. The van der Waals surface area contributed by atoms with Crippen molar-refractivity contribution in [3.05, 3.63) is 17.7 Å². The molecule has 0 aromatic carbocycles. The van der Waals surface area contributed by atoms with Crippen molar-refractivity contribution in [2.75, 3.05) is 6.61 Å². The van der Waals surface area contributed by atoms with Crippen LogP contribution in [0.2, 0.25) is 0 Å². The maximum atomic E-state index is 11.5. The molecule has 0 bridgehead atoms. The predicted octanol–water partition coefficient (Wildman–Crippen LogP) is 2.28. The van der Waals surface area contributed by atoms with E-state index < -0.39 is 0 Å². The van der Waals surface area contributed by atoms with Gasteiger partial charge >= 0.3 is 5.97 Å². The largest absolute Gasteiger partial charge is 0.466 e. The molecule has 0 amide bonds. The van der Waals surface area contributed by atoms with Crippen molar-refractivity contribution < 1.29 is 9.53 Å². The normalized spacial score (nSPS) is 16.4. The first-order valence-corrected chi connectivity index (χ1v) is 6.42. The van der Waals surface area contributed by atoms with Crippen LogP contribution in [0.25, 0.3) is 0 Å². The zero-order chi connectivity index (χ0) is 12.3. The van der Waals surface area contributed by atoms with Gasteiger partial charge in [-0.3, -0.25) is 4.79 Å². The Morgan fingerprint density at radius 2 is 2.29 bits per heavy atom. The van der Waals surface area contributed by atoms with Crippen LogP contribution >= 0.6 is 0 Å². The molecule has 0 radical (unpaired) electrons. The van der Waals surface area contributed by atoms with Crippen molar-refractivity contribution in [3.8, 4) is 0 Å². The fourth-order valence-corrected chi connectivity index (χ4v) is 2.43. The Morgan fingerprint density at radius 1 is 1.53 bits per heavy atom. The van der Waals surface area contributed by atoms with Crippen LogP contribution in [0.3, 0.4) is 0 Å². The van der Waals surface area contributed by atoms with E-state index in [9.17, 15) is 4.79 Å². The van der Waals surface area contributed by atoms with Crippen LogP contribution in [-0.2, 0) is 22.4 Å².